The monoisotopic (exact) mass is 310 g/mol. The molecular weight excluding hydrogens is 295 g/mol. The third kappa shape index (κ3) is 3.50. The molecule has 2 aromatic rings. The normalized spacial score (nSPS) is 11.2. The summed E-state index contributed by atoms with van der Waals surface area (Å²) < 4.78 is 45.0. The van der Waals surface area contributed by atoms with E-state index in [1.165, 1.54) is 31.4 Å². The van der Waals surface area contributed by atoms with Crippen molar-refractivity contribution in [2.45, 2.75) is 11.4 Å². The highest BCUT2D eigenvalue weighted by molar-refractivity contribution is 7.92. The number of halogens is 1. The van der Waals surface area contributed by atoms with Crippen LogP contribution in [0.15, 0.2) is 47.4 Å². The number of rotatable bonds is 5. The van der Waals surface area contributed by atoms with Crippen LogP contribution in [0, 0.1) is 5.82 Å². The molecule has 112 valence electrons. The third-order valence-electron chi connectivity index (χ3n) is 2.85. The number of benzene rings is 2. The van der Waals surface area contributed by atoms with Crippen LogP contribution in [0.25, 0.3) is 0 Å². The van der Waals surface area contributed by atoms with Gasteiger partial charge in [0, 0.05) is 12.6 Å². The molecule has 0 spiro atoms. The minimum absolute atomic E-state index is 0.0362. The zero-order valence-electron chi connectivity index (χ0n) is 11.3. The average Bonchev–Trinajstić information content (AvgIpc) is 2.49. The number of ether oxygens (including phenoxy) is 1. The van der Waals surface area contributed by atoms with Crippen LogP contribution < -0.4 is 15.2 Å². The Labute approximate surface area is 122 Å². The topological polar surface area (TPSA) is 81.4 Å². The number of nitrogens with two attached hydrogens (primary N) is 1. The van der Waals surface area contributed by atoms with Crippen LogP contribution in [0.2, 0.25) is 0 Å². The molecule has 0 aliphatic heterocycles. The van der Waals surface area contributed by atoms with Crippen LogP contribution in [-0.4, -0.2) is 15.5 Å². The predicted molar refractivity (Wildman–Crippen MR) is 78.1 cm³/mol. The zero-order chi connectivity index (χ0) is 15.5. The second kappa shape index (κ2) is 6.11. The van der Waals surface area contributed by atoms with Crippen LogP contribution in [0.5, 0.6) is 5.75 Å². The maximum Gasteiger partial charge on any atom is 0.261 e. The molecule has 0 bridgehead atoms. The van der Waals surface area contributed by atoms with Crippen LogP contribution in [-0.2, 0) is 16.6 Å². The Morgan fingerprint density at radius 2 is 2.00 bits per heavy atom. The molecule has 0 saturated carbocycles. The molecule has 0 fully saturated rings. The van der Waals surface area contributed by atoms with Crippen molar-refractivity contribution in [3.63, 3.8) is 0 Å². The number of methoxy groups -OCH3 is 1. The van der Waals surface area contributed by atoms with Gasteiger partial charge in [-0.25, -0.2) is 12.8 Å². The Balaban J connectivity index is 2.32. The number of anilines is 1. The van der Waals surface area contributed by atoms with Crippen molar-refractivity contribution in [3.05, 3.63) is 53.8 Å². The zero-order valence-corrected chi connectivity index (χ0v) is 12.2. The van der Waals surface area contributed by atoms with Gasteiger partial charge in [-0.3, -0.25) is 4.72 Å². The Kier molecular flexibility index (Phi) is 4.44. The third-order valence-corrected chi connectivity index (χ3v) is 4.23. The van der Waals surface area contributed by atoms with E-state index in [4.69, 9.17) is 10.5 Å². The number of sulfonamides is 1. The van der Waals surface area contributed by atoms with Gasteiger partial charge in [0.1, 0.15) is 0 Å². The summed E-state index contributed by atoms with van der Waals surface area (Å²) in [7, 11) is -2.46. The molecule has 0 aliphatic carbocycles. The van der Waals surface area contributed by atoms with E-state index >= 15 is 0 Å². The van der Waals surface area contributed by atoms with E-state index in [9.17, 15) is 12.8 Å². The Bertz CT molecular complexity index is 748. The van der Waals surface area contributed by atoms with Gasteiger partial charge in [-0.1, -0.05) is 12.1 Å². The van der Waals surface area contributed by atoms with Crippen molar-refractivity contribution < 1.29 is 17.5 Å². The van der Waals surface area contributed by atoms with Gasteiger partial charge in [-0.15, -0.1) is 0 Å². The summed E-state index contributed by atoms with van der Waals surface area (Å²) in [6.07, 6.45) is 0. The van der Waals surface area contributed by atoms with E-state index in [1.807, 2.05) is 0 Å². The number of nitrogens with one attached hydrogen (secondary N) is 1. The molecule has 5 nitrogen and oxygen atoms in total. The Hall–Kier alpha value is -2.12. The van der Waals surface area contributed by atoms with E-state index in [2.05, 4.69) is 4.72 Å². The first-order valence-electron chi connectivity index (χ1n) is 6.11. The molecule has 7 heteroatoms. The second-order valence-corrected chi connectivity index (χ2v) is 5.99. The Morgan fingerprint density at radius 3 is 2.67 bits per heavy atom. The van der Waals surface area contributed by atoms with Gasteiger partial charge in [0.25, 0.3) is 10.0 Å². The van der Waals surface area contributed by atoms with Gasteiger partial charge < -0.3 is 10.5 Å². The minimum atomic E-state index is -3.77. The molecule has 0 aromatic heterocycles. The number of hydrogen-bond acceptors (Lipinski definition) is 4. The molecule has 0 atom stereocenters. The first kappa shape index (κ1) is 15.3. The molecular formula is C14H15FN2O3S. The highest BCUT2D eigenvalue weighted by Gasteiger charge is 2.15. The predicted octanol–water partition coefficient (Wildman–Crippen LogP) is 2.09. The van der Waals surface area contributed by atoms with Gasteiger partial charge in [-0.2, -0.15) is 0 Å². The fourth-order valence-corrected chi connectivity index (χ4v) is 2.90. The van der Waals surface area contributed by atoms with Crippen molar-refractivity contribution in [2.24, 2.45) is 5.73 Å². The quantitative estimate of drug-likeness (QED) is 0.886. The summed E-state index contributed by atoms with van der Waals surface area (Å²) in [4.78, 5) is 0.0914. The lowest BCUT2D eigenvalue weighted by Gasteiger charge is -2.10. The molecule has 0 unspecified atom stereocenters. The summed E-state index contributed by atoms with van der Waals surface area (Å²) in [6.45, 7) is 0.244. The minimum Gasteiger partial charge on any atom is -0.494 e. The van der Waals surface area contributed by atoms with Crippen molar-refractivity contribution in [1.29, 1.82) is 0 Å². The van der Waals surface area contributed by atoms with Crippen molar-refractivity contribution in [2.75, 3.05) is 11.8 Å². The van der Waals surface area contributed by atoms with Gasteiger partial charge in [0.05, 0.1) is 17.7 Å². The van der Waals surface area contributed by atoms with E-state index in [-0.39, 0.29) is 22.9 Å². The van der Waals surface area contributed by atoms with Gasteiger partial charge in [0.15, 0.2) is 11.6 Å². The largest absolute Gasteiger partial charge is 0.494 e. The highest BCUT2D eigenvalue weighted by Crippen LogP contribution is 2.24. The molecule has 0 saturated heterocycles. The molecule has 3 N–H and O–H groups in total. The van der Waals surface area contributed by atoms with E-state index in [0.29, 0.717) is 5.56 Å². The molecule has 0 radical (unpaired) electrons. The molecule has 21 heavy (non-hydrogen) atoms. The highest BCUT2D eigenvalue weighted by atomic mass is 32.2. The van der Waals surface area contributed by atoms with Crippen molar-refractivity contribution in [1.82, 2.24) is 0 Å². The average molecular weight is 310 g/mol. The summed E-state index contributed by atoms with van der Waals surface area (Å²) in [5.41, 5.74) is 6.41. The van der Waals surface area contributed by atoms with Crippen LogP contribution in [0.4, 0.5) is 10.1 Å². The van der Waals surface area contributed by atoms with E-state index < -0.39 is 15.8 Å². The first-order chi connectivity index (χ1) is 9.96. The van der Waals surface area contributed by atoms with Crippen LogP contribution in [0.1, 0.15) is 5.56 Å². The standard InChI is InChI=1S/C14H15FN2O3S/c1-20-14-8-11(5-6-13(14)15)17-21(18,19)12-4-2-3-10(7-12)9-16/h2-8,17H,9,16H2,1H3. The first-order valence-corrected chi connectivity index (χ1v) is 7.60. The maximum atomic E-state index is 13.3. The summed E-state index contributed by atoms with van der Waals surface area (Å²) in [5, 5.41) is 0. The summed E-state index contributed by atoms with van der Waals surface area (Å²) in [6, 6.07) is 10.0. The van der Waals surface area contributed by atoms with Crippen molar-refractivity contribution in [3.8, 4) is 5.75 Å². The lowest BCUT2D eigenvalue weighted by atomic mass is 10.2. The molecule has 0 amide bonds. The lowest BCUT2D eigenvalue weighted by molar-refractivity contribution is 0.387. The summed E-state index contributed by atoms with van der Waals surface area (Å²) in [5.74, 6) is -0.600. The van der Waals surface area contributed by atoms with Gasteiger partial charge in [0.2, 0.25) is 0 Å². The number of hydrogen-bond donors (Lipinski definition) is 2. The Morgan fingerprint density at radius 1 is 1.24 bits per heavy atom. The smallest absolute Gasteiger partial charge is 0.261 e. The fourth-order valence-electron chi connectivity index (χ4n) is 1.78. The molecule has 0 heterocycles. The fraction of sp³-hybridized carbons (Fsp3) is 0.143. The second-order valence-electron chi connectivity index (χ2n) is 4.31. The van der Waals surface area contributed by atoms with Gasteiger partial charge >= 0.3 is 0 Å². The van der Waals surface area contributed by atoms with Crippen LogP contribution >= 0.6 is 0 Å². The maximum absolute atomic E-state index is 13.3. The molecule has 2 aromatic carbocycles. The van der Waals surface area contributed by atoms with Gasteiger partial charge in [-0.05, 0) is 29.8 Å². The molecule has 2 rings (SSSR count). The summed E-state index contributed by atoms with van der Waals surface area (Å²) >= 11 is 0. The van der Waals surface area contributed by atoms with E-state index in [1.54, 1.807) is 12.1 Å². The lowest BCUT2D eigenvalue weighted by Crippen LogP contribution is -2.13. The van der Waals surface area contributed by atoms with E-state index in [0.717, 1.165) is 6.07 Å². The van der Waals surface area contributed by atoms with Crippen LogP contribution in [0.3, 0.4) is 0 Å². The van der Waals surface area contributed by atoms with Crippen molar-refractivity contribution >= 4 is 15.7 Å². The SMILES string of the molecule is COc1cc(NS(=O)(=O)c2cccc(CN)c2)ccc1F. The molecule has 0 aliphatic rings.